The van der Waals surface area contributed by atoms with Crippen molar-refractivity contribution in [3.05, 3.63) is 65.7 Å². The van der Waals surface area contributed by atoms with E-state index in [1.54, 1.807) is 19.1 Å². The number of amides is 2. The fourth-order valence-electron chi connectivity index (χ4n) is 4.91. The first-order valence-corrected chi connectivity index (χ1v) is 11.5. The van der Waals surface area contributed by atoms with Crippen LogP contribution in [0.4, 0.5) is 4.79 Å². The van der Waals surface area contributed by atoms with Gasteiger partial charge in [0.25, 0.3) is 0 Å². The number of piperidine rings is 1. The van der Waals surface area contributed by atoms with E-state index in [1.807, 2.05) is 59.5 Å². The second-order valence-corrected chi connectivity index (χ2v) is 8.75. The standard InChI is InChI=1S/C26H32N2O5/c1-31-22-10-8-20(9-11-22)18-28-15-12-23(24(28)29)26(32-2)13-16-27(17-14-26)25(30)33-19-21-6-4-3-5-7-21/h3-11,23H,12-19H2,1-2H3. The summed E-state index contributed by atoms with van der Waals surface area (Å²) in [4.78, 5) is 29.5. The van der Waals surface area contributed by atoms with Crippen molar-refractivity contribution in [2.75, 3.05) is 33.9 Å². The van der Waals surface area contributed by atoms with Crippen LogP contribution in [0.1, 0.15) is 30.4 Å². The summed E-state index contributed by atoms with van der Waals surface area (Å²) in [6.07, 6.45) is 1.69. The molecule has 176 valence electrons. The summed E-state index contributed by atoms with van der Waals surface area (Å²) in [5, 5.41) is 0. The van der Waals surface area contributed by atoms with Crippen LogP contribution in [-0.4, -0.2) is 61.3 Å². The summed E-state index contributed by atoms with van der Waals surface area (Å²) in [7, 11) is 3.32. The molecular formula is C26H32N2O5. The summed E-state index contributed by atoms with van der Waals surface area (Å²) in [5.41, 5.74) is 1.50. The van der Waals surface area contributed by atoms with Crippen LogP contribution in [0.3, 0.4) is 0 Å². The first-order chi connectivity index (χ1) is 16.0. The molecule has 2 saturated heterocycles. The molecule has 2 fully saturated rings. The molecule has 0 radical (unpaired) electrons. The number of hydrogen-bond acceptors (Lipinski definition) is 5. The van der Waals surface area contributed by atoms with Crippen molar-refractivity contribution in [2.24, 2.45) is 5.92 Å². The van der Waals surface area contributed by atoms with Gasteiger partial charge in [-0.25, -0.2) is 4.79 Å². The maximum absolute atomic E-state index is 13.3. The van der Waals surface area contributed by atoms with Crippen molar-refractivity contribution in [1.82, 2.24) is 9.80 Å². The molecule has 7 nitrogen and oxygen atoms in total. The van der Waals surface area contributed by atoms with Crippen LogP contribution >= 0.6 is 0 Å². The second kappa shape index (κ2) is 10.3. The van der Waals surface area contributed by atoms with Crippen molar-refractivity contribution in [2.45, 2.75) is 38.0 Å². The minimum Gasteiger partial charge on any atom is -0.497 e. The molecule has 2 amide bonds. The van der Waals surface area contributed by atoms with Crippen LogP contribution < -0.4 is 4.74 Å². The van der Waals surface area contributed by atoms with Crippen LogP contribution in [0.2, 0.25) is 0 Å². The zero-order valence-corrected chi connectivity index (χ0v) is 19.4. The Bertz CT molecular complexity index is 939. The number of ether oxygens (including phenoxy) is 3. The minimum atomic E-state index is -0.540. The Labute approximate surface area is 195 Å². The summed E-state index contributed by atoms with van der Waals surface area (Å²) in [6, 6.07) is 17.5. The number of nitrogens with zero attached hydrogens (tertiary/aromatic N) is 2. The van der Waals surface area contributed by atoms with Gasteiger partial charge in [-0.05, 0) is 42.5 Å². The Morgan fingerprint density at radius 2 is 1.67 bits per heavy atom. The highest BCUT2D eigenvalue weighted by Crippen LogP contribution is 2.39. The molecule has 2 aliphatic heterocycles. The van der Waals surface area contributed by atoms with Gasteiger partial charge in [-0.15, -0.1) is 0 Å². The highest BCUT2D eigenvalue weighted by atomic mass is 16.6. The van der Waals surface area contributed by atoms with E-state index < -0.39 is 5.60 Å². The topological polar surface area (TPSA) is 68.3 Å². The predicted molar refractivity (Wildman–Crippen MR) is 124 cm³/mol. The van der Waals surface area contributed by atoms with Crippen molar-refractivity contribution >= 4 is 12.0 Å². The average molecular weight is 453 g/mol. The first kappa shape index (κ1) is 23.1. The first-order valence-electron chi connectivity index (χ1n) is 11.5. The molecule has 33 heavy (non-hydrogen) atoms. The lowest BCUT2D eigenvalue weighted by Crippen LogP contribution is -2.53. The average Bonchev–Trinajstić information content (AvgIpc) is 3.24. The maximum atomic E-state index is 13.3. The molecular weight excluding hydrogens is 420 g/mol. The van der Waals surface area contributed by atoms with Gasteiger partial charge in [0.2, 0.25) is 5.91 Å². The van der Waals surface area contributed by atoms with E-state index >= 15 is 0 Å². The van der Waals surface area contributed by atoms with Crippen LogP contribution in [0.15, 0.2) is 54.6 Å². The molecule has 0 aliphatic carbocycles. The lowest BCUT2D eigenvalue weighted by Gasteiger charge is -2.43. The monoisotopic (exact) mass is 452 g/mol. The van der Waals surface area contributed by atoms with E-state index in [0.29, 0.717) is 39.0 Å². The number of rotatable bonds is 7. The number of methoxy groups -OCH3 is 2. The van der Waals surface area contributed by atoms with Gasteiger partial charge in [0.15, 0.2) is 0 Å². The van der Waals surface area contributed by atoms with Crippen molar-refractivity contribution in [1.29, 1.82) is 0 Å². The SMILES string of the molecule is COc1ccc(CN2CCC(C3(OC)CCN(C(=O)OCc4ccccc4)CC3)C2=O)cc1. The molecule has 1 unspecified atom stereocenters. The van der Waals surface area contributed by atoms with Gasteiger partial charge < -0.3 is 24.0 Å². The van der Waals surface area contributed by atoms with Gasteiger partial charge in [0, 0.05) is 33.3 Å². The molecule has 0 aromatic heterocycles. The molecule has 0 saturated carbocycles. The van der Waals surface area contributed by atoms with Gasteiger partial charge in [0.1, 0.15) is 12.4 Å². The highest BCUT2D eigenvalue weighted by molar-refractivity contribution is 5.82. The van der Waals surface area contributed by atoms with Gasteiger partial charge in [0.05, 0.1) is 18.6 Å². The van der Waals surface area contributed by atoms with Crippen LogP contribution in [-0.2, 0) is 27.4 Å². The van der Waals surface area contributed by atoms with Gasteiger partial charge in [-0.1, -0.05) is 42.5 Å². The minimum absolute atomic E-state index is 0.132. The Kier molecular flexibility index (Phi) is 7.18. The molecule has 2 aliphatic rings. The Balaban J connectivity index is 1.32. The summed E-state index contributed by atoms with van der Waals surface area (Å²) in [5.74, 6) is 0.743. The molecule has 2 aromatic carbocycles. The zero-order valence-electron chi connectivity index (χ0n) is 19.4. The van der Waals surface area contributed by atoms with Crippen LogP contribution in [0, 0.1) is 5.92 Å². The van der Waals surface area contributed by atoms with Crippen LogP contribution in [0.5, 0.6) is 5.75 Å². The van der Waals surface area contributed by atoms with Crippen molar-refractivity contribution in [3.63, 3.8) is 0 Å². The van der Waals surface area contributed by atoms with E-state index in [2.05, 4.69) is 0 Å². The van der Waals surface area contributed by atoms with Crippen LogP contribution in [0.25, 0.3) is 0 Å². The fourth-order valence-corrected chi connectivity index (χ4v) is 4.91. The molecule has 0 bridgehead atoms. The molecule has 4 rings (SSSR count). The third-order valence-corrected chi connectivity index (χ3v) is 6.94. The Morgan fingerprint density at radius 3 is 2.30 bits per heavy atom. The van der Waals surface area contributed by atoms with Gasteiger partial charge in [-0.2, -0.15) is 0 Å². The summed E-state index contributed by atoms with van der Waals surface area (Å²) >= 11 is 0. The Hall–Kier alpha value is -3.06. The van der Waals surface area contributed by atoms with Crippen molar-refractivity contribution < 1.29 is 23.8 Å². The summed E-state index contributed by atoms with van der Waals surface area (Å²) in [6.45, 7) is 2.58. The molecule has 1 atom stereocenters. The molecule has 2 heterocycles. The summed E-state index contributed by atoms with van der Waals surface area (Å²) < 4.78 is 16.7. The van der Waals surface area contributed by atoms with E-state index in [1.165, 1.54) is 0 Å². The molecule has 0 spiro atoms. The normalized spacial score (nSPS) is 20.1. The van der Waals surface area contributed by atoms with E-state index in [-0.39, 0.29) is 24.5 Å². The van der Waals surface area contributed by atoms with Crippen molar-refractivity contribution in [3.8, 4) is 5.75 Å². The number of carbonyl (C=O) groups is 2. The third kappa shape index (κ3) is 5.14. The molecule has 2 aromatic rings. The van der Waals surface area contributed by atoms with E-state index in [9.17, 15) is 9.59 Å². The zero-order chi connectivity index (χ0) is 23.3. The second-order valence-electron chi connectivity index (χ2n) is 8.75. The fraction of sp³-hybridized carbons (Fsp3) is 0.462. The number of likely N-dealkylation sites (tertiary alicyclic amines) is 2. The van der Waals surface area contributed by atoms with Gasteiger partial charge >= 0.3 is 6.09 Å². The Morgan fingerprint density at radius 1 is 0.970 bits per heavy atom. The highest BCUT2D eigenvalue weighted by Gasteiger charge is 2.50. The predicted octanol–water partition coefficient (Wildman–Crippen LogP) is 3.86. The third-order valence-electron chi connectivity index (χ3n) is 6.94. The van der Waals surface area contributed by atoms with E-state index in [0.717, 1.165) is 23.3 Å². The maximum Gasteiger partial charge on any atom is 0.410 e. The lowest BCUT2D eigenvalue weighted by atomic mass is 9.78. The molecule has 7 heteroatoms. The van der Waals surface area contributed by atoms with Gasteiger partial charge in [-0.3, -0.25) is 4.79 Å². The van der Waals surface area contributed by atoms with E-state index in [4.69, 9.17) is 14.2 Å². The number of benzene rings is 2. The number of carbonyl (C=O) groups excluding carboxylic acids is 2. The quantitative estimate of drug-likeness (QED) is 0.638. The molecule has 0 N–H and O–H groups in total. The smallest absolute Gasteiger partial charge is 0.410 e. The number of hydrogen-bond donors (Lipinski definition) is 0. The lowest BCUT2D eigenvalue weighted by molar-refractivity contribution is -0.146. The largest absolute Gasteiger partial charge is 0.497 e.